The largest absolute Gasteiger partial charge is 0.377 e. The van der Waals surface area contributed by atoms with Gasteiger partial charge in [-0.2, -0.15) is 5.10 Å². The molecule has 124 valence electrons. The van der Waals surface area contributed by atoms with Crippen molar-refractivity contribution in [1.82, 2.24) is 25.0 Å². The van der Waals surface area contributed by atoms with E-state index >= 15 is 0 Å². The lowest BCUT2D eigenvalue weighted by atomic mass is 10.2. The van der Waals surface area contributed by atoms with Crippen molar-refractivity contribution in [2.45, 2.75) is 19.4 Å². The Hall–Kier alpha value is -1.93. The monoisotopic (exact) mass is 335 g/mol. The molecule has 2 amide bonds. The number of amides is 2. The summed E-state index contributed by atoms with van der Waals surface area (Å²) in [5, 5.41) is 10.1. The zero-order valence-electron chi connectivity index (χ0n) is 13.4. The molecule has 3 heterocycles. The Morgan fingerprint density at radius 2 is 2.43 bits per heavy atom. The molecule has 1 aliphatic heterocycles. The number of ether oxygens (including phenoxy) is 1. The van der Waals surface area contributed by atoms with Crippen LogP contribution < -0.4 is 5.32 Å². The fourth-order valence-electron chi connectivity index (χ4n) is 2.62. The van der Waals surface area contributed by atoms with Gasteiger partial charge in [0.1, 0.15) is 11.0 Å². The van der Waals surface area contributed by atoms with Crippen LogP contribution in [-0.2, 0) is 18.2 Å². The van der Waals surface area contributed by atoms with Crippen molar-refractivity contribution in [3.05, 3.63) is 34.0 Å². The topological polar surface area (TPSA) is 72.3 Å². The molecular formula is C15H21N5O2S. The van der Waals surface area contributed by atoms with Gasteiger partial charge in [0.05, 0.1) is 13.2 Å². The highest BCUT2D eigenvalue weighted by Crippen LogP contribution is 2.26. The predicted octanol–water partition coefficient (Wildman–Crippen LogP) is 1.51. The van der Waals surface area contributed by atoms with E-state index in [-0.39, 0.29) is 12.1 Å². The lowest BCUT2D eigenvalue weighted by Crippen LogP contribution is -2.48. The Balaban J connectivity index is 1.59. The van der Waals surface area contributed by atoms with Gasteiger partial charge in [-0.05, 0) is 13.0 Å². The molecule has 0 saturated carbocycles. The maximum absolute atomic E-state index is 12.5. The Kier molecular flexibility index (Phi) is 4.92. The van der Waals surface area contributed by atoms with Crippen LogP contribution in [0.4, 0.5) is 4.79 Å². The molecule has 23 heavy (non-hydrogen) atoms. The van der Waals surface area contributed by atoms with Crippen LogP contribution in [0.2, 0.25) is 0 Å². The van der Waals surface area contributed by atoms with Crippen LogP contribution in [0.15, 0.2) is 17.6 Å². The first-order valence-electron chi connectivity index (χ1n) is 7.66. The summed E-state index contributed by atoms with van der Waals surface area (Å²) in [6.45, 7) is 4.19. The third kappa shape index (κ3) is 3.70. The van der Waals surface area contributed by atoms with Gasteiger partial charge in [-0.15, -0.1) is 11.3 Å². The zero-order chi connectivity index (χ0) is 16.2. The molecule has 3 rings (SSSR count). The van der Waals surface area contributed by atoms with Crippen LogP contribution in [0.3, 0.4) is 0 Å². The zero-order valence-corrected chi connectivity index (χ0v) is 14.2. The summed E-state index contributed by atoms with van der Waals surface area (Å²) in [5.74, 6) is 0. The molecule has 1 unspecified atom stereocenters. The van der Waals surface area contributed by atoms with Gasteiger partial charge in [0.15, 0.2) is 0 Å². The molecule has 0 radical (unpaired) electrons. The van der Waals surface area contributed by atoms with Gasteiger partial charge in [0.2, 0.25) is 0 Å². The Bertz CT molecular complexity index is 668. The number of urea groups is 1. The fraction of sp³-hybridized carbons (Fsp3) is 0.533. The number of aromatic nitrogens is 3. The number of morpholine rings is 1. The highest BCUT2D eigenvalue weighted by Gasteiger charge is 2.30. The van der Waals surface area contributed by atoms with Gasteiger partial charge in [-0.3, -0.25) is 4.68 Å². The summed E-state index contributed by atoms with van der Waals surface area (Å²) in [6.07, 6.45) is 2.52. The number of nitrogens with one attached hydrogen (secondary N) is 1. The highest BCUT2D eigenvalue weighted by molar-refractivity contribution is 7.09. The van der Waals surface area contributed by atoms with E-state index in [4.69, 9.17) is 4.74 Å². The highest BCUT2D eigenvalue weighted by atomic mass is 32.1. The molecule has 0 aromatic carbocycles. The molecule has 1 fully saturated rings. The van der Waals surface area contributed by atoms with E-state index in [9.17, 15) is 4.79 Å². The molecule has 0 spiro atoms. The minimum Gasteiger partial charge on any atom is -0.377 e. The number of hydrogen-bond donors (Lipinski definition) is 1. The van der Waals surface area contributed by atoms with Crippen LogP contribution in [0.5, 0.6) is 0 Å². The van der Waals surface area contributed by atoms with Crippen LogP contribution in [0, 0.1) is 6.92 Å². The first-order chi connectivity index (χ1) is 11.1. The lowest BCUT2D eigenvalue weighted by Gasteiger charge is -2.34. The summed E-state index contributed by atoms with van der Waals surface area (Å²) in [5.41, 5.74) is 2.08. The molecule has 1 saturated heterocycles. The van der Waals surface area contributed by atoms with Crippen LogP contribution >= 0.6 is 11.3 Å². The maximum atomic E-state index is 12.5. The molecule has 1 N–H and O–H groups in total. The number of hydrogen-bond acceptors (Lipinski definition) is 5. The third-order valence-corrected chi connectivity index (χ3v) is 4.95. The van der Waals surface area contributed by atoms with Gasteiger partial charge in [0, 0.05) is 49.5 Å². The van der Waals surface area contributed by atoms with E-state index in [1.807, 2.05) is 35.0 Å². The van der Waals surface area contributed by atoms with E-state index in [0.29, 0.717) is 26.3 Å². The maximum Gasteiger partial charge on any atom is 0.318 e. The average Bonchev–Trinajstić information content (AvgIpc) is 3.16. The van der Waals surface area contributed by atoms with Crippen molar-refractivity contribution >= 4 is 17.4 Å². The summed E-state index contributed by atoms with van der Waals surface area (Å²) in [4.78, 5) is 18.8. The van der Waals surface area contributed by atoms with Gasteiger partial charge in [-0.1, -0.05) is 0 Å². The summed E-state index contributed by atoms with van der Waals surface area (Å²) < 4.78 is 7.36. The van der Waals surface area contributed by atoms with E-state index < -0.39 is 0 Å². The van der Waals surface area contributed by atoms with Gasteiger partial charge < -0.3 is 15.0 Å². The van der Waals surface area contributed by atoms with Crippen molar-refractivity contribution in [3.8, 4) is 0 Å². The quantitative estimate of drug-likeness (QED) is 0.919. The molecule has 7 nitrogen and oxygen atoms in total. The Morgan fingerprint density at radius 3 is 3.13 bits per heavy atom. The molecule has 0 bridgehead atoms. The first kappa shape index (κ1) is 15.9. The van der Waals surface area contributed by atoms with Crippen molar-refractivity contribution in [3.63, 3.8) is 0 Å². The summed E-state index contributed by atoms with van der Waals surface area (Å²) >= 11 is 1.58. The van der Waals surface area contributed by atoms with E-state index in [2.05, 4.69) is 15.4 Å². The summed E-state index contributed by atoms with van der Waals surface area (Å²) in [7, 11) is 1.90. The number of aryl methyl sites for hydroxylation is 2. The number of thiazole rings is 1. The second-order valence-electron chi connectivity index (χ2n) is 5.54. The average molecular weight is 335 g/mol. The predicted molar refractivity (Wildman–Crippen MR) is 87.4 cm³/mol. The normalized spacial score (nSPS) is 18.2. The summed E-state index contributed by atoms with van der Waals surface area (Å²) in [6, 6.07) is 1.80. The third-order valence-electron chi connectivity index (χ3n) is 3.89. The molecule has 1 atom stereocenters. The Labute approximate surface area is 139 Å². The molecular weight excluding hydrogens is 314 g/mol. The van der Waals surface area contributed by atoms with E-state index in [0.717, 1.165) is 22.8 Å². The van der Waals surface area contributed by atoms with Crippen LogP contribution in [0.1, 0.15) is 22.4 Å². The smallest absolute Gasteiger partial charge is 0.318 e. The van der Waals surface area contributed by atoms with Crippen molar-refractivity contribution in [1.29, 1.82) is 0 Å². The molecule has 2 aromatic heterocycles. The minimum atomic E-state index is -0.0980. The van der Waals surface area contributed by atoms with E-state index in [1.54, 1.807) is 17.5 Å². The van der Waals surface area contributed by atoms with Gasteiger partial charge in [-0.25, -0.2) is 9.78 Å². The number of rotatable bonds is 4. The second-order valence-corrected chi connectivity index (χ2v) is 6.43. The standard InChI is InChI=1S/C15H21N5O2S/c1-11-10-23-14(18-11)13-9-22-8-7-20(13)15(21)16-5-3-12-4-6-17-19(12)2/h4,6,10,13H,3,5,7-9H2,1-2H3,(H,16,21). The van der Waals surface area contributed by atoms with Gasteiger partial charge >= 0.3 is 6.03 Å². The van der Waals surface area contributed by atoms with Crippen molar-refractivity contribution in [2.24, 2.45) is 7.05 Å². The first-order valence-corrected chi connectivity index (χ1v) is 8.54. The van der Waals surface area contributed by atoms with Crippen LogP contribution in [-0.4, -0.2) is 52.0 Å². The SMILES string of the molecule is Cc1csc(C2COCCN2C(=O)NCCc2ccnn2C)n1. The van der Waals surface area contributed by atoms with Crippen molar-refractivity contribution in [2.75, 3.05) is 26.3 Å². The molecule has 8 heteroatoms. The van der Waals surface area contributed by atoms with E-state index in [1.165, 1.54) is 0 Å². The van der Waals surface area contributed by atoms with Crippen molar-refractivity contribution < 1.29 is 9.53 Å². The Morgan fingerprint density at radius 1 is 1.57 bits per heavy atom. The minimum absolute atomic E-state index is 0.0617. The lowest BCUT2D eigenvalue weighted by molar-refractivity contribution is 0.0116. The molecule has 1 aliphatic rings. The molecule has 0 aliphatic carbocycles. The second kappa shape index (κ2) is 7.10. The number of nitrogens with zero attached hydrogens (tertiary/aromatic N) is 4. The fourth-order valence-corrected chi connectivity index (χ4v) is 3.52. The van der Waals surface area contributed by atoms with Gasteiger partial charge in [0.25, 0.3) is 0 Å². The molecule has 2 aromatic rings. The number of carbonyl (C=O) groups excluding carboxylic acids is 1. The van der Waals surface area contributed by atoms with Crippen LogP contribution in [0.25, 0.3) is 0 Å². The number of carbonyl (C=O) groups is 1.